The number of aromatic nitrogens is 2. The number of benzene rings is 1. The molecule has 1 aliphatic carbocycles. The van der Waals surface area contributed by atoms with E-state index in [1.165, 1.54) is 0 Å². The van der Waals surface area contributed by atoms with Crippen LogP contribution >= 0.6 is 0 Å². The third-order valence-corrected chi connectivity index (χ3v) is 6.74. The van der Waals surface area contributed by atoms with E-state index in [1.807, 2.05) is 54.8 Å². The van der Waals surface area contributed by atoms with Crippen LogP contribution in [0, 0.1) is 13.8 Å². The van der Waals surface area contributed by atoms with E-state index in [1.54, 1.807) is 16.6 Å². The Kier molecular flexibility index (Phi) is 3.89. The van der Waals surface area contributed by atoms with Gasteiger partial charge in [0.2, 0.25) is 10.0 Å². The highest BCUT2D eigenvalue weighted by Crippen LogP contribution is 2.34. The van der Waals surface area contributed by atoms with Gasteiger partial charge in [-0.2, -0.15) is 4.31 Å². The Bertz CT molecular complexity index is 1040. The van der Waals surface area contributed by atoms with Crippen molar-refractivity contribution in [3.05, 3.63) is 65.6 Å². The van der Waals surface area contributed by atoms with E-state index in [0.29, 0.717) is 11.4 Å². The highest BCUT2D eigenvalue weighted by atomic mass is 32.2. The second-order valence-corrected chi connectivity index (χ2v) is 8.59. The van der Waals surface area contributed by atoms with Crippen LogP contribution in [0.2, 0.25) is 0 Å². The summed E-state index contributed by atoms with van der Waals surface area (Å²) in [6.45, 7) is 4.17. The molecule has 0 aliphatic heterocycles. The molecular weight excluding hydrogens is 334 g/mol. The number of nitrogens with zero attached hydrogens (tertiary/aromatic N) is 3. The molecule has 130 valence electrons. The molecule has 3 aromatic rings. The van der Waals surface area contributed by atoms with Crippen LogP contribution in [0.5, 0.6) is 0 Å². The molecule has 25 heavy (non-hydrogen) atoms. The molecule has 6 heteroatoms. The van der Waals surface area contributed by atoms with Gasteiger partial charge in [-0.3, -0.25) is 0 Å². The second kappa shape index (κ2) is 5.97. The zero-order valence-corrected chi connectivity index (χ0v) is 15.2. The molecule has 4 rings (SSSR count). The first kappa shape index (κ1) is 16.3. The monoisotopic (exact) mass is 355 g/mol. The smallest absolute Gasteiger partial charge is 0.243 e. The van der Waals surface area contributed by atoms with Gasteiger partial charge in [0.1, 0.15) is 5.65 Å². The van der Waals surface area contributed by atoms with E-state index in [0.717, 1.165) is 35.3 Å². The molecule has 1 aromatic carbocycles. The summed E-state index contributed by atoms with van der Waals surface area (Å²) in [5.74, 6) is 0. The molecule has 0 unspecified atom stereocenters. The third-order valence-electron chi connectivity index (χ3n) is 4.68. The fourth-order valence-electron chi connectivity index (χ4n) is 3.25. The number of imidazole rings is 1. The molecule has 0 radical (unpaired) electrons. The number of pyridine rings is 1. The van der Waals surface area contributed by atoms with Gasteiger partial charge < -0.3 is 4.40 Å². The average molecular weight is 355 g/mol. The van der Waals surface area contributed by atoms with Crippen LogP contribution in [0.4, 0.5) is 0 Å². The van der Waals surface area contributed by atoms with Gasteiger partial charge in [-0.15, -0.1) is 0 Å². The Morgan fingerprint density at radius 2 is 2.00 bits per heavy atom. The normalized spacial score (nSPS) is 15.2. The second-order valence-electron chi connectivity index (χ2n) is 6.73. The fraction of sp³-hybridized carbons (Fsp3) is 0.316. The van der Waals surface area contributed by atoms with Gasteiger partial charge in [-0.05, 0) is 50.5 Å². The molecule has 0 spiro atoms. The minimum absolute atomic E-state index is 0.0833. The molecule has 1 saturated carbocycles. The lowest BCUT2D eigenvalue weighted by Gasteiger charge is -2.23. The van der Waals surface area contributed by atoms with Crippen molar-refractivity contribution in [2.24, 2.45) is 0 Å². The lowest BCUT2D eigenvalue weighted by atomic mass is 10.2. The van der Waals surface area contributed by atoms with Crippen LogP contribution in [-0.4, -0.2) is 28.1 Å². The molecule has 0 amide bonds. The van der Waals surface area contributed by atoms with Gasteiger partial charge in [0.25, 0.3) is 0 Å². The first-order valence-electron chi connectivity index (χ1n) is 8.47. The summed E-state index contributed by atoms with van der Waals surface area (Å²) >= 11 is 0. The van der Waals surface area contributed by atoms with E-state index in [9.17, 15) is 8.42 Å². The van der Waals surface area contributed by atoms with E-state index in [4.69, 9.17) is 0 Å². The van der Waals surface area contributed by atoms with Crippen molar-refractivity contribution in [3.8, 4) is 0 Å². The topological polar surface area (TPSA) is 54.7 Å². The first-order valence-corrected chi connectivity index (χ1v) is 9.91. The van der Waals surface area contributed by atoms with Gasteiger partial charge in [-0.25, -0.2) is 13.4 Å². The van der Waals surface area contributed by atoms with Crippen molar-refractivity contribution in [1.82, 2.24) is 13.7 Å². The summed E-state index contributed by atoms with van der Waals surface area (Å²) in [5.41, 5.74) is 3.58. The summed E-state index contributed by atoms with van der Waals surface area (Å²) in [4.78, 5) is 4.78. The zero-order valence-electron chi connectivity index (χ0n) is 14.4. The maximum atomic E-state index is 13.3. The van der Waals surface area contributed by atoms with Gasteiger partial charge >= 0.3 is 0 Å². The molecule has 0 saturated heterocycles. The lowest BCUT2D eigenvalue weighted by Crippen LogP contribution is -2.33. The van der Waals surface area contributed by atoms with Crippen molar-refractivity contribution < 1.29 is 8.42 Å². The molecule has 1 fully saturated rings. The SMILES string of the molecule is Cc1ccc(S(=O)(=O)N(Cc2cnc3ccccn23)C2CC2)c(C)c1. The van der Waals surface area contributed by atoms with Gasteiger partial charge in [0.05, 0.1) is 23.3 Å². The van der Waals surface area contributed by atoms with Crippen molar-refractivity contribution in [3.63, 3.8) is 0 Å². The van der Waals surface area contributed by atoms with E-state index >= 15 is 0 Å². The quantitative estimate of drug-likeness (QED) is 0.706. The van der Waals surface area contributed by atoms with Crippen LogP contribution in [0.25, 0.3) is 5.65 Å². The van der Waals surface area contributed by atoms with Crippen LogP contribution in [0.15, 0.2) is 53.7 Å². The van der Waals surface area contributed by atoms with Gasteiger partial charge in [0, 0.05) is 12.2 Å². The predicted molar refractivity (Wildman–Crippen MR) is 96.9 cm³/mol. The molecule has 2 heterocycles. The number of hydrogen-bond acceptors (Lipinski definition) is 3. The Hall–Kier alpha value is -2.18. The van der Waals surface area contributed by atoms with Crippen LogP contribution in [0.1, 0.15) is 29.7 Å². The fourth-order valence-corrected chi connectivity index (χ4v) is 5.11. The van der Waals surface area contributed by atoms with Crippen LogP contribution in [-0.2, 0) is 16.6 Å². The maximum absolute atomic E-state index is 13.3. The predicted octanol–water partition coefficient (Wildman–Crippen LogP) is 3.30. The minimum atomic E-state index is -3.54. The zero-order chi connectivity index (χ0) is 17.6. The van der Waals surface area contributed by atoms with Crippen LogP contribution < -0.4 is 0 Å². The van der Waals surface area contributed by atoms with Gasteiger partial charge in [0.15, 0.2) is 0 Å². The Balaban J connectivity index is 1.74. The highest BCUT2D eigenvalue weighted by Gasteiger charge is 2.39. The molecule has 0 bridgehead atoms. The number of rotatable bonds is 5. The molecule has 1 aliphatic rings. The average Bonchev–Trinajstić information content (AvgIpc) is 3.32. The number of sulfonamides is 1. The Labute approximate surface area is 148 Å². The van der Waals surface area contributed by atoms with E-state index < -0.39 is 10.0 Å². The summed E-state index contributed by atoms with van der Waals surface area (Å²) in [6, 6.07) is 11.4. The standard InChI is InChI=1S/C19H21N3O2S/c1-14-6-9-18(15(2)11-14)25(23,24)22(16-7-8-16)13-17-12-20-19-5-3-4-10-21(17)19/h3-6,9-12,16H,7-8,13H2,1-2H3. The van der Waals surface area contributed by atoms with Crippen molar-refractivity contribution >= 4 is 15.7 Å². The molecule has 0 atom stereocenters. The highest BCUT2D eigenvalue weighted by molar-refractivity contribution is 7.89. The van der Waals surface area contributed by atoms with E-state index in [2.05, 4.69) is 4.98 Å². The summed E-state index contributed by atoms with van der Waals surface area (Å²) in [5, 5.41) is 0. The van der Waals surface area contributed by atoms with Crippen LogP contribution in [0.3, 0.4) is 0 Å². The Morgan fingerprint density at radius 3 is 2.72 bits per heavy atom. The first-order chi connectivity index (χ1) is 12.0. The number of aryl methyl sites for hydroxylation is 2. The minimum Gasteiger partial charge on any atom is -0.303 e. The maximum Gasteiger partial charge on any atom is 0.243 e. The molecule has 5 nitrogen and oxygen atoms in total. The number of fused-ring (bicyclic) bond motifs is 1. The van der Waals surface area contributed by atoms with Crippen molar-refractivity contribution in [1.29, 1.82) is 0 Å². The van der Waals surface area contributed by atoms with Crippen molar-refractivity contribution in [2.45, 2.75) is 44.2 Å². The number of hydrogen-bond donors (Lipinski definition) is 0. The summed E-state index contributed by atoms with van der Waals surface area (Å²) in [7, 11) is -3.54. The molecule has 0 N–H and O–H groups in total. The third kappa shape index (κ3) is 2.96. The molecular formula is C19H21N3O2S. The van der Waals surface area contributed by atoms with Gasteiger partial charge in [-0.1, -0.05) is 23.8 Å². The molecule has 2 aromatic heterocycles. The van der Waals surface area contributed by atoms with E-state index in [-0.39, 0.29) is 6.04 Å². The summed E-state index contributed by atoms with van der Waals surface area (Å²) in [6.07, 6.45) is 5.52. The largest absolute Gasteiger partial charge is 0.303 e. The Morgan fingerprint density at radius 1 is 1.20 bits per heavy atom. The summed E-state index contributed by atoms with van der Waals surface area (Å²) < 4.78 is 30.2. The lowest BCUT2D eigenvalue weighted by molar-refractivity contribution is 0.393. The van der Waals surface area contributed by atoms with Crippen molar-refractivity contribution in [2.75, 3.05) is 0 Å².